The summed E-state index contributed by atoms with van der Waals surface area (Å²) in [5.74, 6) is -1.12. The Morgan fingerprint density at radius 1 is 1.43 bits per heavy atom. The van der Waals surface area contributed by atoms with E-state index in [9.17, 15) is 17.6 Å². The Morgan fingerprint density at radius 2 is 2.05 bits per heavy atom. The van der Waals surface area contributed by atoms with E-state index in [1.54, 1.807) is 20.8 Å². The molecule has 0 saturated heterocycles. The molecule has 0 aromatic heterocycles. The van der Waals surface area contributed by atoms with Crippen molar-refractivity contribution < 1.29 is 22.3 Å². The predicted molar refractivity (Wildman–Crippen MR) is 78.2 cm³/mol. The lowest BCUT2D eigenvalue weighted by Gasteiger charge is -2.23. The van der Waals surface area contributed by atoms with Crippen molar-refractivity contribution in [1.29, 1.82) is 0 Å². The molecule has 5 nitrogen and oxygen atoms in total. The van der Waals surface area contributed by atoms with Crippen LogP contribution in [-0.2, 0) is 13.8 Å². The maximum atomic E-state index is 13.2. The number of benzene rings is 1. The van der Waals surface area contributed by atoms with Crippen LogP contribution in [0, 0.1) is 5.82 Å². The molecule has 0 bridgehead atoms. The van der Waals surface area contributed by atoms with Gasteiger partial charge in [0.05, 0.1) is 11.8 Å². The van der Waals surface area contributed by atoms with Gasteiger partial charge in [0, 0.05) is 10.7 Å². The lowest BCUT2D eigenvalue weighted by molar-refractivity contribution is 0.0508. The Kier molecular flexibility index (Phi) is 5.58. The van der Waals surface area contributed by atoms with Gasteiger partial charge in [0.25, 0.3) is 0 Å². The molecule has 8 heteroatoms. The van der Waals surface area contributed by atoms with Crippen LogP contribution in [0.3, 0.4) is 0 Å². The predicted octanol–water partition coefficient (Wildman–Crippen LogP) is 2.96. The van der Waals surface area contributed by atoms with Crippen molar-refractivity contribution in [2.75, 3.05) is 5.75 Å². The van der Waals surface area contributed by atoms with Gasteiger partial charge in [0.15, 0.2) is 0 Å². The van der Waals surface area contributed by atoms with E-state index in [0.717, 1.165) is 6.07 Å². The summed E-state index contributed by atoms with van der Waals surface area (Å²) in [6, 6.07) is 4.24. The first-order valence-corrected chi connectivity index (χ1v) is 8.61. The number of carbonyl (C=O) groups excluding carboxylic acids is 1. The molecule has 0 aliphatic rings. The first kappa shape index (κ1) is 17.7. The molecule has 0 aliphatic heterocycles. The maximum absolute atomic E-state index is 13.2. The molecular formula is C13H17ClFNO4S. The van der Waals surface area contributed by atoms with Crippen molar-refractivity contribution >= 4 is 25.8 Å². The fourth-order valence-corrected chi connectivity index (χ4v) is 2.65. The third-order valence-electron chi connectivity index (χ3n) is 2.31. The first-order chi connectivity index (χ1) is 9.46. The third kappa shape index (κ3) is 7.29. The average Bonchev–Trinajstić information content (AvgIpc) is 2.23. The molecular weight excluding hydrogens is 321 g/mol. The van der Waals surface area contributed by atoms with Crippen LogP contribution in [0.25, 0.3) is 0 Å². The van der Waals surface area contributed by atoms with E-state index in [1.165, 1.54) is 18.2 Å². The summed E-state index contributed by atoms with van der Waals surface area (Å²) in [6.45, 7) is 5.01. The smallest absolute Gasteiger partial charge is 0.408 e. The Hall–Kier alpha value is -1.34. The number of alkyl carbamates (subject to hydrolysis) is 1. The molecule has 0 saturated carbocycles. The summed E-state index contributed by atoms with van der Waals surface area (Å²) in [5.41, 5.74) is -0.457. The monoisotopic (exact) mass is 337 g/mol. The van der Waals surface area contributed by atoms with Crippen LogP contribution in [-0.4, -0.2) is 25.9 Å². The zero-order valence-electron chi connectivity index (χ0n) is 11.9. The highest BCUT2D eigenvalue weighted by atomic mass is 35.7. The largest absolute Gasteiger partial charge is 0.444 e. The Bertz CT molecular complexity index is 613. The van der Waals surface area contributed by atoms with Crippen molar-refractivity contribution in [2.45, 2.75) is 32.4 Å². The van der Waals surface area contributed by atoms with Crippen molar-refractivity contribution in [3.63, 3.8) is 0 Å². The van der Waals surface area contributed by atoms with Gasteiger partial charge < -0.3 is 10.1 Å². The molecule has 1 atom stereocenters. The van der Waals surface area contributed by atoms with Crippen LogP contribution in [0.1, 0.15) is 32.4 Å². The third-order valence-corrected chi connectivity index (χ3v) is 3.42. The zero-order chi connectivity index (χ0) is 16.3. The lowest BCUT2D eigenvalue weighted by Crippen LogP contribution is -2.37. The highest BCUT2D eigenvalue weighted by Gasteiger charge is 2.24. The topological polar surface area (TPSA) is 72.5 Å². The minimum Gasteiger partial charge on any atom is -0.444 e. The van der Waals surface area contributed by atoms with Gasteiger partial charge in [0.2, 0.25) is 9.05 Å². The fourth-order valence-electron chi connectivity index (χ4n) is 1.59. The van der Waals surface area contributed by atoms with Crippen molar-refractivity contribution in [3.05, 3.63) is 35.6 Å². The quantitative estimate of drug-likeness (QED) is 0.857. The summed E-state index contributed by atoms with van der Waals surface area (Å²) in [6.07, 6.45) is -0.808. The Balaban J connectivity index is 2.96. The van der Waals surface area contributed by atoms with Gasteiger partial charge in [-0.3, -0.25) is 0 Å². The minimum atomic E-state index is -3.89. The number of carbonyl (C=O) groups is 1. The molecule has 0 spiro atoms. The van der Waals surface area contributed by atoms with Gasteiger partial charge in [-0.2, -0.15) is 0 Å². The normalized spacial score (nSPS) is 13.6. The highest BCUT2D eigenvalue weighted by molar-refractivity contribution is 8.13. The minimum absolute atomic E-state index is 0.282. The fraction of sp³-hybridized carbons (Fsp3) is 0.462. The first-order valence-electron chi connectivity index (χ1n) is 6.13. The molecule has 118 valence electrons. The van der Waals surface area contributed by atoms with Gasteiger partial charge in [0.1, 0.15) is 11.4 Å². The highest BCUT2D eigenvalue weighted by Crippen LogP contribution is 2.19. The molecule has 21 heavy (non-hydrogen) atoms. The van der Waals surface area contributed by atoms with Gasteiger partial charge in [-0.05, 0) is 38.5 Å². The van der Waals surface area contributed by atoms with Gasteiger partial charge in [-0.15, -0.1) is 0 Å². The second-order valence-corrected chi connectivity index (χ2v) is 8.28. The molecule has 1 aromatic carbocycles. The summed E-state index contributed by atoms with van der Waals surface area (Å²) in [4.78, 5) is 11.7. The molecule has 1 amide bonds. The number of amides is 1. The second kappa shape index (κ2) is 6.62. The molecule has 1 unspecified atom stereocenters. The van der Waals surface area contributed by atoms with Crippen LogP contribution in [0.5, 0.6) is 0 Å². The van der Waals surface area contributed by atoms with Gasteiger partial charge in [-0.25, -0.2) is 17.6 Å². The SMILES string of the molecule is CC(C)(C)OC(=O)NC(CS(=O)(=O)Cl)c1cccc(F)c1. The molecule has 1 N–H and O–H groups in total. The van der Waals surface area contributed by atoms with Crippen molar-refractivity contribution in [2.24, 2.45) is 0 Å². The van der Waals surface area contributed by atoms with Crippen LogP contribution in [0.2, 0.25) is 0 Å². The molecule has 0 aliphatic carbocycles. The zero-order valence-corrected chi connectivity index (χ0v) is 13.5. The van der Waals surface area contributed by atoms with Crippen LogP contribution < -0.4 is 5.32 Å². The van der Waals surface area contributed by atoms with Crippen LogP contribution in [0.4, 0.5) is 9.18 Å². The van der Waals surface area contributed by atoms with E-state index in [1.807, 2.05) is 0 Å². The summed E-state index contributed by atoms with van der Waals surface area (Å²) < 4.78 is 40.8. The second-order valence-electron chi connectivity index (χ2n) is 5.46. The summed E-state index contributed by atoms with van der Waals surface area (Å²) in [7, 11) is 1.33. The Morgan fingerprint density at radius 3 is 2.52 bits per heavy atom. The molecule has 0 heterocycles. The van der Waals surface area contributed by atoms with E-state index in [2.05, 4.69) is 5.32 Å². The summed E-state index contributed by atoms with van der Waals surface area (Å²) >= 11 is 0. The van der Waals surface area contributed by atoms with Crippen LogP contribution in [0.15, 0.2) is 24.3 Å². The number of rotatable bonds is 4. The van der Waals surface area contributed by atoms with E-state index in [-0.39, 0.29) is 5.56 Å². The Labute approximate surface area is 127 Å². The summed E-state index contributed by atoms with van der Waals surface area (Å²) in [5, 5.41) is 2.38. The average molecular weight is 338 g/mol. The van der Waals surface area contributed by atoms with Crippen molar-refractivity contribution in [1.82, 2.24) is 5.32 Å². The van der Waals surface area contributed by atoms with E-state index in [4.69, 9.17) is 15.4 Å². The van der Waals surface area contributed by atoms with Crippen LogP contribution >= 0.6 is 10.7 Å². The van der Waals surface area contributed by atoms with Gasteiger partial charge >= 0.3 is 6.09 Å². The molecule has 1 rings (SSSR count). The van der Waals surface area contributed by atoms with Crippen molar-refractivity contribution in [3.8, 4) is 0 Å². The number of nitrogens with one attached hydrogen (secondary N) is 1. The number of ether oxygens (including phenoxy) is 1. The molecule has 0 fully saturated rings. The molecule has 0 radical (unpaired) electrons. The standard InChI is InChI=1S/C13H17ClFNO4S/c1-13(2,3)20-12(17)16-11(8-21(14,18)19)9-5-4-6-10(15)7-9/h4-7,11H,8H2,1-3H3,(H,16,17). The lowest BCUT2D eigenvalue weighted by atomic mass is 10.1. The van der Waals surface area contributed by atoms with E-state index < -0.39 is 38.4 Å². The van der Waals surface area contributed by atoms with E-state index in [0.29, 0.717) is 0 Å². The van der Waals surface area contributed by atoms with E-state index >= 15 is 0 Å². The number of hydrogen-bond acceptors (Lipinski definition) is 4. The number of hydrogen-bond donors (Lipinski definition) is 1. The number of halogens is 2. The van der Waals surface area contributed by atoms with Gasteiger partial charge in [-0.1, -0.05) is 12.1 Å². The maximum Gasteiger partial charge on any atom is 0.408 e. The molecule has 1 aromatic rings.